The Balaban J connectivity index is 1.97. The number of nitrogens with zero attached hydrogens (tertiary/aromatic N) is 2. The van der Waals surface area contributed by atoms with Crippen molar-refractivity contribution < 1.29 is 19.6 Å². The van der Waals surface area contributed by atoms with E-state index in [9.17, 15) is 14.9 Å². The molecule has 144 valence electrons. The number of hydrogen-bond acceptors (Lipinski definition) is 6. The van der Waals surface area contributed by atoms with Crippen LogP contribution >= 0.6 is 0 Å². The van der Waals surface area contributed by atoms with Gasteiger partial charge < -0.3 is 20.1 Å². The van der Waals surface area contributed by atoms with Crippen LogP contribution in [0.2, 0.25) is 0 Å². The van der Waals surface area contributed by atoms with Gasteiger partial charge in [-0.1, -0.05) is 6.07 Å². The number of aliphatic hydroxyl groups excluding tert-OH is 1. The predicted octanol–water partition coefficient (Wildman–Crippen LogP) is 3.15. The Labute approximate surface area is 153 Å². The van der Waals surface area contributed by atoms with Gasteiger partial charge in [-0.25, -0.2) is 4.79 Å². The number of amides is 1. The first kappa shape index (κ1) is 20.0. The van der Waals surface area contributed by atoms with Crippen LogP contribution in [0.4, 0.5) is 16.2 Å². The zero-order valence-corrected chi connectivity index (χ0v) is 15.5. The number of likely N-dealkylation sites (tertiary alicyclic amines) is 1. The Hall–Kier alpha value is -2.35. The quantitative estimate of drug-likeness (QED) is 0.613. The fraction of sp³-hybridized carbons (Fsp3) is 0.611. The number of nitro benzene ring substituents is 1. The van der Waals surface area contributed by atoms with Gasteiger partial charge in [0.05, 0.1) is 11.5 Å². The third-order valence-corrected chi connectivity index (χ3v) is 4.19. The van der Waals surface area contributed by atoms with Crippen LogP contribution < -0.4 is 5.32 Å². The summed E-state index contributed by atoms with van der Waals surface area (Å²) in [6, 6.07) is 4.64. The topological polar surface area (TPSA) is 105 Å². The number of nitro groups is 1. The lowest BCUT2D eigenvalue weighted by Crippen LogP contribution is -2.44. The van der Waals surface area contributed by atoms with E-state index in [0.717, 1.165) is 12.8 Å². The fourth-order valence-corrected chi connectivity index (χ4v) is 2.95. The Kier molecular flexibility index (Phi) is 6.42. The molecule has 1 heterocycles. The molecule has 0 saturated carbocycles. The van der Waals surface area contributed by atoms with Gasteiger partial charge >= 0.3 is 6.09 Å². The third kappa shape index (κ3) is 5.59. The SMILES string of the molecule is CC(C)(C)OC(=O)N1CCC[C@H](CNc2ccc(CO)cc2[N+](=O)[O-])C1. The molecule has 1 aliphatic heterocycles. The van der Waals surface area contributed by atoms with E-state index >= 15 is 0 Å². The second kappa shape index (κ2) is 8.35. The molecular formula is C18H27N3O5. The van der Waals surface area contributed by atoms with Crippen LogP contribution in [0.15, 0.2) is 18.2 Å². The normalized spacial score (nSPS) is 17.7. The van der Waals surface area contributed by atoms with Crippen LogP contribution in [0.1, 0.15) is 39.2 Å². The van der Waals surface area contributed by atoms with Crippen LogP contribution in [-0.4, -0.2) is 46.3 Å². The number of nitrogens with one attached hydrogen (secondary N) is 1. The lowest BCUT2D eigenvalue weighted by Gasteiger charge is -2.34. The number of ether oxygens (including phenoxy) is 1. The number of piperidine rings is 1. The monoisotopic (exact) mass is 365 g/mol. The molecule has 0 bridgehead atoms. The molecule has 8 heteroatoms. The van der Waals surface area contributed by atoms with E-state index in [1.54, 1.807) is 17.0 Å². The van der Waals surface area contributed by atoms with E-state index in [4.69, 9.17) is 9.84 Å². The minimum Gasteiger partial charge on any atom is -0.444 e. The maximum absolute atomic E-state index is 12.2. The minimum atomic E-state index is -0.530. The van der Waals surface area contributed by atoms with Gasteiger partial charge in [0.25, 0.3) is 5.69 Å². The van der Waals surface area contributed by atoms with Crippen molar-refractivity contribution in [2.75, 3.05) is 25.0 Å². The molecule has 8 nitrogen and oxygen atoms in total. The average Bonchev–Trinajstić information content (AvgIpc) is 2.58. The van der Waals surface area contributed by atoms with Gasteiger partial charge in [-0.05, 0) is 51.2 Å². The van der Waals surface area contributed by atoms with Crippen molar-refractivity contribution in [2.45, 2.75) is 45.8 Å². The molecule has 1 aromatic carbocycles. The Bertz CT molecular complexity index is 657. The molecule has 1 aromatic rings. The number of anilines is 1. The van der Waals surface area contributed by atoms with Gasteiger partial charge in [-0.3, -0.25) is 10.1 Å². The maximum atomic E-state index is 12.2. The summed E-state index contributed by atoms with van der Waals surface area (Å²) in [6.45, 7) is 7.02. The highest BCUT2D eigenvalue weighted by atomic mass is 16.6. The number of aliphatic hydroxyl groups is 1. The molecule has 1 fully saturated rings. The number of benzene rings is 1. The van der Waals surface area contributed by atoms with Crippen LogP contribution in [0.25, 0.3) is 0 Å². The minimum absolute atomic E-state index is 0.0589. The van der Waals surface area contributed by atoms with Crippen molar-refractivity contribution in [1.29, 1.82) is 0 Å². The largest absolute Gasteiger partial charge is 0.444 e. The molecule has 2 rings (SSSR count). The summed E-state index contributed by atoms with van der Waals surface area (Å²) in [5, 5.41) is 23.5. The van der Waals surface area contributed by atoms with Gasteiger partial charge in [0, 0.05) is 25.7 Å². The predicted molar refractivity (Wildman–Crippen MR) is 98.0 cm³/mol. The van der Waals surface area contributed by atoms with Gasteiger partial charge in [-0.15, -0.1) is 0 Å². The number of carbonyl (C=O) groups excluding carboxylic acids is 1. The summed E-state index contributed by atoms with van der Waals surface area (Å²) in [5.74, 6) is 0.188. The van der Waals surface area contributed by atoms with E-state index in [2.05, 4.69) is 5.32 Å². The second-order valence-electron chi connectivity index (χ2n) is 7.58. The van der Waals surface area contributed by atoms with E-state index in [1.165, 1.54) is 6.07 Å². The van der Waals surface area contributed by atoms with Crippen LogP contribution in [0.5, 0.6) is 0 Å². The molecule has 26 heavy (non-hydrogen) atoms. The molecule has 1 atom stereocenters. The second-order valence-corrected chi connectivity index (χ2v) is 7.58. The first-order valence-corrected chi connectivity index (χ1v) is 8.79. The number of carbonyl (C=O) groups is 1. The molecule has 2 N–H and O–H groups in total. The number of hydrogen-bond donors (Lipinski definition) is 2. The highest BCUT2D eigenvalue weighted by Crippen LogP contribution is 2.27. The average molecular weight is 365 g/mol. The Morgan fingerprint density at radius 2 is 2.19 bits per heavy atom. The van der Waals surface area contributed by atoms with E-state index < -0.39 is 10.5 Å². The molecule has 1 saturated heterocycles. The highest BCUT2D eigenvalue weighted by Gasteiger charge is 2.28. The lowest BCUT2D eigenvalue weighted by molar-refractivity contribution is -0.384. The summed E-state index contributed by atoms with van der Waals surface area (Å²) >= 11 is 0. The molecule has 1 amide bonds. The van der Waals surface area contributed by atoms with E-state index in [-0.39, 0.29) is 24.3 Å². The van der Waals surface area contributed by atoms with Crippen LogP contribution in [0.3, 0.4) is 0 Å². The van der Waals surface area contributed by atoms with E-state index in [1.807, 2.05) is 20.8 Å². The third-order valence-electron chi connectivity index (χ3n) is 4.19. The zero-order chi connectivity index (χ0) is 19.3. The summed E-state index contributed by atoms with van der Waals surface area (Å²) in [7, 11) is 0. The van der Waals surface area contributed by atoms with Crippen molar-refractivity contribution in [3.05, 3.63) is 33.9 Å². The molecule has 0 spiro atoms. The Morgan fingerprint density at radius 3 is 2.81 bits per heavy atom. The summed E-state index contributed by atoms with van der Waals surface area (Å²) in [4.78, 5) is 24.7. The molecule has 1 aliphatic rings. The zero-order valence-electron chi connectivity index (χ0n) is 15.5. The van der Waals surface area contributed by atoms with Gasteiger partial charge in [0.15, 0.2) is 0 Å². The first-order chi connectivity index (χ1) is 12.2. The van der Waals surface area contributed by atoms with Crippen molar-refractivity contribution in [1.82, 2.24) is 4.90 Å². The standard InChI is InChI=1S/C18H27N3O5/c1-18(2,3)26-17(23)20-8-4-5-14(11-20)10-19-15-7-6-13(12-22)9-16(15)21(24)25/h6-7,9,14,19,22H,4-5,8,10-12H2,1-3H3/t14-/m1/s1. The Morgan fingerprint density at radius 1 is 1.46 bits per heavy atom. The van der Waals surface area contributed by atoms with Gasteiger partial charge in [0.1, 0.15) is 11.3 Å². The van der Waals surface area contributed by atoms with Gasteiger partial charge in [-0.2, -0.15) is 0 Å². The molecule has 0 unspecified atom stereocenters. The molecule has 0 radical (unpaired) electrons. The number of rotatable bonds is 5. The van der Waals surface area contributed by atoms with Crippen molar-refractivity contribution in [3.63, 3.8) is 0 Å². The highest BCUT2D eigenvalue weighted by molar-refractivity contribution is 5.68. The van der Waals surface area contributed by atoms with Crippen LogP contribution in [-0.2, 0) is 11.3 Å². The smallest absolute Gasteiger partial charge is 0.410 e. The molecule has 0 aromatic heterocycles. The van der Waals surface area contributed by atoms with Crippen molar-refractivity contribution >= 4 is 17.5 Å². The summed E-state index contributed by atoms with van der Waals surface area (Å²) in [6.07, 6.45) is 1.49. The van der Waals surface area contributed by atoms with Crippen molar-refractivity contribution in [2.24, 2.45) is 5.92 Å². The lowest BCUT2D eigenvalue weighted by atomic mass is 9.98. The van der Waals surface area contributed by atoms with Crippen molar-refractivity contribution in [3.8, 4) is 0 Å². The van der Waals surface area contributed by atoms with Gasteiger partial charge in [0.2, 0.25) is 0 Å². The summed E-state index contributed by atoms with van der Waals surface area (Å²) < 4.78 is 5.42. The van der Waals surface area contributed by atoms with Crippen LogP contribution in [0, 0.1) is 16.0 Å². The maximum Gasteiger partial charge on any atom is 0.410 e. The van der Waals surface area contributed by atoms with E-state index in [0.29, 0.717) is 30.9 Å². The fourth-order valence-electron chi connectivity index (χ4n) is 2.95. The molecule has 0 aliphatic carbocycles. The first-order valence-electron chi connectivity index (χ1n) is 8.79. The molecular weight excluding hydrogens is 338 g/mol. The summed E-state index contributed by atoms with van der Waals surface area (Å²) in [5.41, 5.74) is 0.325.